The first kappa shape index (κ1) is 15.5. The number of amides is 1. The second-order valence-corrected chi connectivity index (χ2v) is 6.09. The van der Waals surface area contributed by atoms with Gasteiger partial charge in [-0.05, 0) is 40.8 Å². The lowest BCUT2D eigenvalue weighted by atomic mass is 10.1. The first-order valence-corrected chi connectivity index (χ1v) is 8.56. The van der Waals surface area contributed by atoms with Gasteiger partial charge in [0.1, 0.15) is 5.69 Å². The summed E-state index contributed by atoms with van der Waals surface area (Å²) in [6.45, 7) is 2.12. The van der Waals surface area contributed by atoms with E-state index in [2.05, 4.69) is 34.9 Å². The van der Waals surface area contributed by atoms with Crippen LogP contribution < -0.4 is 5.32 Å². The summed E-state index contributed by atoms with van der Waals surface area (Å²) in [6.07, 6.45) is 2.16. The maximum Gasteiger partial charge on any atom is 0.231 e. The minimum Gasteiger partial charge on any atom is -0.338 e. The lowest BCUT2D eigenvalue weighted by Crippen LogP contribution is -2.11. The Balaban J connectivity index is 1.58. The number of carbonyl (C=O) groups excluding carboxylic acids is 1. The van der Waals surface area contributed by atoms with Crippen LogP contribution in [0.2, 0.25) is 0 Å². The lowest BCUT2D eigenvalue weighted by molar-refractivity contribution is -0.116. The molecular formula is C18H18N2O2S. The van der Waals surface area contributed by atoms with Crippen molar-refractivity contribution in [1.82, 2.24) is 5.16 Å². The highest BCUT2D eigenvalue weighted by molar-refractivity contribution is 7.07. The predicted octanol–water partition coefficient (Wildman–Crippen LogP) is 4.54. The van der Waals surface area contributed by atoms with Crippen molar-refractivity contribution in [2.24, 2.45) is 0 Å². The molecule has 0 bridgehead atoms. The van der Waals surface area contributed by atoms with Gasteiger partial charge < -0.3 is 4.52 Å². The third-order valence-electron chi connectivity index (χ3n) is 3.65. The van der Waals surface area contributed by atoms with Crippen LogP contribution in [0, 0.1) is 0 Å². The molecule has 0 saturated carbocycles. The maximum absolute atomic E-state index is 11.9. The Morgan fingerprint density at radius 3 is 2.74 bits per heavy atom. The van der Waals surface area contributed by atoms with Crippen LogP contribution in [0.4, 0.5) is 5.88 Å². The zero-order valence-electron chi connectivity index (χ0n) is 12.9. The summed E-state index contributed by atoms with van der Waals surface area (Å²) in [4.78, 5) is 11.9. The number of carbonyl (C=O) groups is 1. The molecule has 3 rings (SSSR count). The van der Waals surface area contributed by atoms with Gasteiger partial charge in [-0.2, -0.15) is 11.3 Å². The molecule has 1 N–H and O–H groups in total. The summed E-state index contributed by atoms with van der Waals surface area (Å²) < 4.78 is 5.20. The Morgan fingerprint density at radius 2 is 2.04 bits per heavy atom. The second-order valence-electron chi connectivity index (χ2n) is 5.31. The van der Waals surface area contributed by atoms with Crippen LogP contribution in [0.3, 0.4) is 0 Å². The summed E-state index contributed by atoms with van der Waals surface area (Å²) in [6, 6.07) is 12.0. The Morgan fingerprint density at radius 1 is 1.22 bits per heavy atom. The zero-order valence-corrected chi connectivity index (χ0v) is 13.7. The lowest BCUT2D eigenvalue weighted by Gasteiger charge is -1.99. The highest BCUT2D eigenvalue weighted by Crippen LogP contribution is 2.22. The Kier molecular flexibility index (Phi) is 4.88. The Labute approximate surface area is 139 Å². The molecule has 0 aliphatic rings. The standard InChI is InChI=1S/C18H18N2O2S/c1-2-13-3-6-15(7-4-13)16-11-18(22-20-16)19-17(21)8-5-14-9-10-23-12-14/h3-4,6-7,9-12H,2,5,8H2,1H3,(H,19,21). The van der Waals surface area contributed by atoms with Gasteiger partial charge in [0.15, 0.2) is 0 Å². The van der Waals surface area contributed by atoms with Crippen LogP contribution >= 0.6 is 11.3 Å². The van der Waals surface area contributed by atoms with Crippen molar-refractivity contribution in [1.29, 1.82) is 0 Å². The van der Waals surface area contributed by atoms with Gasteiger partial charge >= 0.3 is 0 Å². The molecule has 0 fully saturated rings. The second kappa shape index (κ2) is 7.24. The molecule has 3 aromatic rings. The van der Waals surface area contributed by atoms with Gasteiger partial charge in [0, 0.05) is 18.1 Å². The summed E-state index contributed by atoms with van der Waals surface area (Å²) in [7, 11) is 0. The molecule has 2 heterocycles. The van der Waals surface area contributed by atoms with Gasteiger partial charge in [0.05, 0.1) is 0 Å². The van der Waals surface area contributed by atoms with E-state index >= 15 is 0 Å². The SMILES string of the molecule is CCc1ccc(-c2cc(NC(=O)CCc3ccsc3)on2)cc1. The van der Waals surface area contributed by atoms with Crippen molar-refractivity contribution in [3.63, 3.8) is 0 Å². The molecule has 23 heavy (non-hydrogen) atoms. The summed E-state index contributed by atoms with van der Waals surface area (Å²) in [5.41, 5.74) is 4.16. The smallest absolute Gasteiger partial charge is 0.231 e. The van der Waals surface area contributed by atoms with Crippen molar-refractivity contribution in [2.75, 3.05) is 5.32 Å². The molecule has 118 valence electrons. The van der Waals surface area contributed by atoms with Gasteiger partial charge in [0.2, 0.25) is 11.8 Å². The number of aryl methyl sites for hydroxylation is 2. The van der Waals surface area contributed by atoms with Crippen molar-refractivity contribution < 1.29 is 9.32 Å². The molecule has 0 spiro atoms. The molecule has 0 saturated heterocycles. The fourth-order valence-corrected chi connectivity index (χ4v) is 2.98. The van der Waals surface area contributed by atoms with Gasteiger partial charge in [0.25, 0.3) is 0 Å². The van der Waals surface area contributed by atoms with E-state index in [1.807, 2.05) is 23.6 Å². The molecule has 5 heteroatoms. The highest BCUT2D eigenvalue weighted by atomic mass is 32.1. The summed E-state index contributed by atoms with van der Waals surface area (Å²) in [5.74, 6) is 0.315. The fraction of sp³-hybridized carbons (Fsp3) is 0.222. The van der Waals surface area contributed by atoms with Crippen LogP contribution in [0.25, 0.3) is 11.3 Å². The predicted molar refractivity (Wildman–Crippen MR) is 92.6 cm³/mol. The van der Waals surface area contributed by atoms with Crippen LogP contribution in [-0.2, 0) is 17.6 Å². The monoisotopic (exact) mass is 326 g/mol. The largest absolute Gasteiger partial charge is 0.338 e. The van der Waals surface area contributed by atoms with E-state index in [0.29, 0.717) is 12.3 Å². The van der Waals surface area contributed by atoms with Crippen LogP contribution in [-0.4, -0.2) is 11.1 Å². The first-order valence-electron chi connectivity index (χ1n) is 7.61. The zero-order chi connectivity index (χ0) is 16.1. The van der Waals surface area contributed by atoms with E-state index in [4.69, 9.17) is 4.52 Å². The topological polar surface area (TPSA) is 55.1 Å². The third-order valence-corrected chi connectivity index (χ3v) is 4.38. The fourth-order valence-electron chi connectivity index (χ4n) is 2.27. The number of nitrogens with one attached hydrogen (secondary N) is 1. The average molecular weight is 326 g/mol. The van der Waals surface area contributed by atoms with E-state index in [1.54, 1.807) is 17.4 Å². The van der Waals surface area contributed by atoms with Crippen LogP contribution in [0.1, 0.15) is 24.5 Å². The summed E-state index contributed by atoms with van der Waals surface area (Å²) >= 11 is 1.64. The number of nitrogens with zero attached hydrogens (tertiary/aromatic N) is 1. The van der Waals surface area contributed by atoms with Crippen molar-refractivity contribution in [2.45, 2.75) is 26.2 Å². The van der Waals surface area contributed by atoms with Crippen molar-refractivity contribution >= 4 is 23.1 Å². The molecule has 1 aromatic carbocycles. The van der Waals surface area contributed by atoms with E-state index in [-0.39, 0.29) is 5.91 Å². The number of hydrogen-bond acceptors (Lipinski definition) is 4. The normalized spacial score (nSPS) is 10.7. The number of anilines is 1. The number of rotatable bonds is 6. The van der Waals surface area contributed by atoms with Gasteiger partial charge in [-0.3, -0.25) is 10.1 Å². The number of benzene rings is 1. The molecule has 4 nitrogen and oxygen atoms in total. The van der Waals surface area contributed by atoms with Gasteiger partial charge in [-0.15, -0.1) is 0 Å². The molecular weight excluding hydrogens is 308 g/mol. The molecule has 0 unspecified atom stereocenters. The molecule has 0 aliphatic heterocycles. The van der Waals surface area contributed by atoms with E-state index < -0.39 is 0 Å². The Bertz CT molecular complexity index is 761. The van der Waals surface area contributed by atoms with Crippen molar-refractivity contribution in [3.8, 4) is 11.3 Å². The number of aromatic nitrogens is 1. The van der Waals surface area contributed by atoms with Gasteiger partial charge in [-0.1, -0.05) is 36.3 Å². The average Bonchev–Trinajstić information content (AvgIpc) is 3.25. The van der Waals surface area contributed by atoms with Crippen LogP contribution in [0.15, 0.2) is 51.7 Å². The van der Waals surface area contributed by atoms with E-state index in [9.17, 15) is 4.79 Å². The molecule has 0 aliphatic carbocycles. The first-order chi connectivity index (χ1) is 11.2. The van der Waals surface area contributed by atoms with Gasteiger partial charge in [-0.25, -0.2) is 0 Å². The molecule has 0 atom stereocenters. The number of hydrogen-bond donors (Lipinski definition) is 1. The highest BCUT2D eigenvalue weighted by Gasteiger charge is 2.10. The molecule has 2 aromatic heterocycles. The third kappa shape index (κ3) is 4.07. The Hall–Kier alpha value is -2.40. The maximum atomic E-state index is 11.9. The van der Waals surface area contributed by atoms with E-state index in [0.717, 1.165) is 24.1 Å². The van der Waals surface area contributed by atoms with E-state index in [1.165, 1.54) is 11.1 Å². The number of thiophene rings is 1. The minimum absolute atomic E-state index is 0.0692. The van der Waals surface area contributed by atoms with Crippen LogP contribution in [0.5, 0.6) is 0 Å². The summed E-state index contributed by atoms with van der Waals surface area (Å²) in [5, 5.41) is 10.8. The minimum atomic E-state index is -0.0692. The van der Waals surface area contributed by atoms with Crippen molar-refractivity contribution in [3.05, 3.63) is 58.3 Å². The molecule has 0 radical (unpaired) electrons. The molecule has 1 amide bonds. The quantitative estimate of drug-likeness (QED) is 0.723.